The van der Waals surface area contributed by atoms with Crippen LogP contribution in [0.3, 0.4) is 0 Å². The summed E-state index contributed by atoms with van der Waals surface area (Å²) in [6, 6.07) is 12.1. The predicted octanol–water partition coefficient (Wildman–Crippen LogP) is 3.53. The number of aromatic nitrogens is 1. The first-order valence-corrected chi connectivity index (χ1v) is 6.95. The van der Waals surface area contributed by atoms with Crippen LogP contribution in [0.1, 0.15) is 15.9 Å². The Bertz CT molecular complexity index is 816. The Morgan fingerprint density at radius 3 is 3.00 bits per heavy atom. The topological polar surface area (TPSA) is 78.9 Å². The molecule has 0 aliphatic carbocycles. The number of hydrogen-bond donors (Lipinski definition) is 1. The second kappa shape index (κ2) is 5.61. The molecule has 1 aromatic carbocycles. The third-order valence-corrected chi connectivity index (χ3v) is 3.51. The normalized spacial score (nSPS) is 10.0. The molecule has 0 spiro atoms. The van der Waals surface area contributed by atoms with E-state index in [2.05, 4.69) is 10.3 Å². The van der Waals surface area contributed by atoms with Gasteiger partial charge in [-0.2, -0.15) is 5.26 Å². The smallest absolute Gasteiger partial charge is 0.257 e. The Kier molecular flexibility index (Phi) is 3.50. The van der Waals surface area contributed by atoms with Gasteiger partial charge in [-0.3, -0.25) is 10.1 Å². The summed E-state index contributed by atoms with van der Waals surface area (Å²) in [4.78, 5) is 16.4. The summed E-state index contributed by atoms with van der Waals surface area (Å²) in [7, 11) is 0. The van der Waals surface area contributed by atoms with Crippen molar-refractivity contribution in [3.8, 4) is 17.5 Å². The van der Waals surface area contributed by atoms with E-state index in [0.717, 1.165) is 0 Å². The largest absolute Gasteiger partial charge is 0.463 e. The quantitative estimate of drug-likeness (QED) is 0.801. The molecule has 0 atom stereocenters. The Morgan fingerprint density at radius 2 is 2.24 bits per heavy atom. The maximum absolute atomic E-state index is 12.1. The first-order valence-electron chi connectivity index (χ1n) is 6.07. The van der Waals surface area contributed by atoms with Crippen molar-refractivity contribution < 1.29 is 9.21 Å². The molecule has 0 saturated heterocycles. The lowest BCUT2D eigenvalue weighted by Crippen LogP contribution is -2.11. The van der Waals surface area contributed by atoms with E-state index in [4.69, 9.17) is 9.68 Å². The molecule has 2 aromatic heterocycles. The van der Waals surface area contributed by atoms with E-state index in [9.17, 15) is 4.79 Å². The molecule has 0 saturated carbocycles. The highest BCUT2D eigenvalue weighted by atomic mass is 32.1. The number of benzene rings is 1. The molecule has 0 unspecified atom stereocenters. The number of nitriles is 1. The zero-order chi connectivity index (χ0) is 14.7. The van der Waals surface area contributed by atoms with Crippen molar-refractivity contribution in [3.05, 3.63) is 59.2 Å². The Hall–Kier alpha value is -2.91. The number of carbonyl (C=O) groups excluding carboxylic acids is 1. The highest BCUT2D eigenvalue weighted by Crippen LogP contribution is 2.25. The minimum absolute atomic E-state index is 0.299. The van der Waals surface area contributed by atoms with Gasteiger partial charge in [-0.15, -0.1) is 11.3 Å². The lowest BCUT2D eigenvalue weighted by Gasteiger charge is -2.01. The highest BCUT2D eigenvalue weighted by molar-refractivity contribution is 7.14. The molecular formula is C15H9N3O2S. The highest BCUT2D eigenvalue weighted by Gasteiger charge is 2.11. The van der Waals surface area contributed by atoms with Crippen LogP contribution in [0, 0.1) is 11.3 Å². The molecule has 2 heterocycles. The van der Waals surface area contributed by atoms with Crippen LogP contribution < -0.4 is 5.32 Å². The van der Waals surface area contributed by atoms with Gasteiger partial charge in [0, 0.05) is 10.9 Å². The van der Waals surface area contributed by atoms with Crippen LogP contribution in [0.4, 0.5) is 5.13 Å². The number of thiazole rings is 1. The van der Waals surface area contributed by atoms with Crippen LogP contribution in [0.25, 0.3) is 11.5 Å². The molecule has 5 nitrogen and oxygen atoms in total. The zero-order valence-electron chi connectivity index (χ0n) is 10.7. The summed E-state index contributed by atoms with van der Waals surface area (Å²) in [5.41, 5.74) is 1.54. The molecule has 0 aliphatic rings. The van der Waals surface area contributed by atoms with Gasteiger partial charge in [0.1, 0.15) is 5.69 Å². The van der Waals surface area contributed by atoms with E-state index < -0.39 is 0 Å². The lowest BCUT2D eigenvalue weighted by molar-refractivity contribution is 0.102. The molecule has 0 radical (unpaired) electrons. The minimum Gasteiger partial charge on any atom is -0.463 e. The predicted molar refractivity (Wildman–Crippen MR) is 78.9 cm³/mol. The van der Waals surface area contributed by atoms with Crippen LogP contribution in [0.15, 0.2) is 52.5 Å². The number of nitrogens with one attached hydrogen (secondary N) is 1. The van der Waals surface area contributed by atoms with Crippen molar-refractivity contribution in [2.45, 2.75) is 0 Å². The number of carbonyl (C=O) groups is 1. The number of amides is 1. The summed E-state index contributed by atoms with van der Waals surface area (Å²) >= 11 is 1.31. The first kappa shape index (κ1) is 13.1. The van der Waals surface area contributed by atoms with Crippen LogP contribution in [-0.2, 0) is 0 Å². The van der Waals surface area contributed by atoms with E-state index in [1.807, 2.05) is 6.07 Å². The average Bonchev–Trinajstić information content (AvgIpc) is 3.18. The second-order valence-corrected chi connectivity index (χ2v) is 5.02. The van der Waals surface area contributed by atoms with E-state index in [1.165, 1.54) is 17.4 Å². The van der Waals surface area contributed by atoms with Crippen LogP contribution in [0.5, 0.6) is 0 Å². The summed E-state index contributed by atoms with van der Waals surface area (Å²) in [5, 5.41) is 13.8. The van der Waals surface area contributed by atoms with Crippen molar-refractivity contribution in [1.29, 1.82) is 5.26 Å². The summed E-state index contributed by atoms with van der Waals surface area (Å²) in [6.45, 7) is 0. The number of rotatable bonds is 3. The minimum atomic E-state index is -0.299. The molecule has 0 aliphatic heterocycles. The number of furan rings is 1. The maximum atomic E-state index is 12.1. The third-order valence-electron chi connectivity index (χ3n) is 2.75. The van der Waals surface area contributed by atoms with Crippen LogP contribution in [0.2, 0.25) is 0 Å². The fraction of sp³-hybridized carbons (Fsp3) is 0. The van der Waals surface area contributed by atoms with Crippen molar-refractivity contribution in [1.82, 2.24) is 4.98 Å². The third kappa shape index (κ3) is 2.83. The molecule has 3 rings (SSSR count). The molecular weight excluding hydrogens is 286 g/mol. The van der Waals surface area contributed by atoms with Gasteiger partial charge in [-0.1, -0.05) is 6.07 Å². The molecule has 1 N–H and O–H groups in total. The number of anilines is 1. The first-order chi connectivity index (χ1) is 10.3. The fourth-order valence-corrected chi connectivity index (χ4v) is 2.46. The van der Waals surface area contributed by atoms with Crippen LogP contribution in [-0.4, -0.2) is 10.9 Å². The molecule has 0 fully saturated rings. The van der Waals surface area contributed by atoms with Gasteiger partial charge in [0.05, 0.1) is 17.9 Å². The molecule has 0 bridgehead atoms. The number of hydrogen-bond acceptors (Lipinski definition) is 5. The van der Waals surface area contributed by atoms with Gasteiger partial charge in [-0.25, -0.2) is 4.98 Å². The van der Waals surface area contributed by atoms with Crippen LogP contribution >= 0.6 is 11.3 Å². The summed E-state index contributed by atoms with van der Waals surface area (Å²) < 4.78 is 5.25. The van der Waals surface area contributed by atoms with Gasteiger partial charge in [0.2, 0.25) is 0 Å². The standard InChI is InChI=1S/C15H9N3O2S/c16-8-10-3-1-4-11(7-10)14(19)18-15-17-12(9-21-15)13-5-2-6-20-13/h1-7,9H,(H,17,18,19). The molecule has 102 valence electrons. The Labute approximate surface area is 124 Å². The Balaban J connectivity index is 1.77. The number of nitrogens with zero attached hydrogens (tertiary/aromatic N) is 2. The van der Waals surface area contributed by atoms with E-state index in [0.29, 0.717) is 27.7 Å². The van der Waals surface area contributed by atoms with Gasteiger partial charge in [0.25, 0.3) is 5.91 Å². The van der Waals surface area contributed by atoms with Gasteiger partial charge < -0.3 is 4.42 Å². The van der Waals surface area contributed by atoms with E-state index >= 15 is 0 Å². The monoisotopic (exact) mass is 295 g/mol. The zero-order valence-corrected chi connectivity index (χ0v) is 11.6. The maximum Gasteiger partial charge on any atom is 0.257 e. The van der Waals surface area contributed by atoms with Crippen molar-refractivity contribution in [2.24, 2.45) is 0 Å². The van der Waals surface area contributed by atoms with Crippen molar-refractivity contribution >= 4 is 22.4 Å². The molecule has 21 heavy (non-hydrogen) atoms. The molecule has 3 aromatic rings. The molecule has 6 heteroatoms. The van der Waals surface area contributed by atoms with Crippen molar-refractivity contribution in [3.63, 3.8) is 0 Å². The second-order valence-electron chi connectivity index (χ2n) is 4.16. The van der Waals surface area contributed by atoms with E-state index in [-0.39, 0.29) is 5.91 Å². The average molecular weight is 295 g/mol. The van der Waals surface area contributed by atoms with Gasteiger partial charge in [-0.05, 0) is 30.3 Å². The van der Waals surface area contributed by atoms with Gasteiger partial charge >= 0.3 is 0 Å². The SMILES string of the molecule is N#Cc1cccc(C(=O)Nc2nc(-c3ccco3)cs2)c1. The summed E-state index contributed by atoms with van der Waals surface area (Å²) in [6.07, 6.45) is 1.57. The fourth-order valence-electron chi connectivity index (χ4n) is 1.77. The Morgan fingerprint density at radius 1 is 1.33 bits per heavy atom. The van der Waals surface area contributed by atoms with Gasteiger partial charge in [0.15, 0.2) is 10.9 Å². The summed E-state index contributed by atoms with van der Waals surface area (Å²) in [5.74, 6) is 0.352. The molecule has 1 amide bonds. The van der Waals surface area contributed by atoms with E-state index in [1.54, 1.807) is 42.0 Å². The lowest BCUT2D eigenvalue weighted by atomic mass is 10.1. The van der Waals surface area contributed by atoms with Crippen molar-refractivity contribution in [2.75, 3.05) is 5.32 Å².